The summed E-state index contributed by atoms with van der Waals surface area (Å²) in [4.78, 5) is 14.3. The van der Waals surface area contributed by atoms with E-state index in [0.29, 0.717) is 5.92 Å². The fourth-order valence-corrected chi connectivity index (χ4v) is 3.02. The van der Waals surface area contributed by atoms with Gasteiger partial charge in [-0.15, -0.1) is 0 Å². The van der Waals surface area contributed by atoms with Crippen molar-refractivity contribution in [1.82, 2.24) is 10.2 Å². The third-order valence-corrected chi connectivity index (χ3v) is 4.37. The number of hydrogen-bond donors (Lipinski definition) is 1. The summed E-state index contributed by atoms with van der Waals surface area (Å²) in [6.07, 6.45) is 1.03. The Morgan fingerprint density at radius 3 is 2.95 bits per heavy atom. The van der Waals surface area contributed by atoms with E-state index in [1.807, 2.05) is 18.7 Å². The number of likely N-dealkylation sites (tertiary alicyclic amines) is 1. The van der Waals surface area contributed by atoms with Gasteiger partial charge in [0.2, 0.25) is 0 Å². The summed E-state index contributed by atoms with van der Waals surface area (Å²) in [5, 5.41) is 3.13. The second kappa shape index (κ2) is 7.63. The number of carbonyl (C=O) groups excluding carboxylic acids is 1. The molecule has 122 valence electrons. The number of urea groups is 1. The minimum Gasteiger partial charge on any atom is -0.381 e. The predicted molar refractivity (Wildman–Crippen MR) is 89.0 cm³/mol. The predicted octanol–water partition coefficient (Wildman–Crippen LogP) is 3.43. The summed E-state index contributed by atoms with van der Waals surface area (Å²) in [7, 11) is 0. The Bertz CT molecular complexity index is 516. The Balaban J connectivity index is 1.90. The normalized spacial score (nSPS) is 19.3. The van der Waals surface area contributed by atoms with Gasteiger partial charge < -0.3 is 15.0 Å². The molecule has 2 atom stereocenters. The average molecular weight is 304 g/mol. The molecule has 1 aliphatic heterocycles. The quantitative estimate of drug-likeness (QED) is 0.905. The molecule has 0 bridgehead atoms. The van der Waals surface area contributed by atoms with E-state index < -0.39 is 0 Å². The molecule has 22 heavy (non-hydrogen) atoms. The molecule has 0 unspecified atom stereocenters. The highest BCUT2D eigenvalue weighted by Crippen LogP contribution is 2.21. The van der Waals surface area contributed by atoms with Crippen molar-refractivity contribution in [2.45, 2.75) is 40.2 Å². The fraction of sp³-hybridized carbons (Fsp3) is 0.611. The maximum atomic E-state index is 12.4. The Labute approximate surface area is 133 Å². The van der Waals surface area contributed by atoms with Crippen LogP contribution in [0.4, 0.5) is 4.79 Å². The molecular formula is C18H28N2O2. The zero-order chi connectivity index (χ0) is 16.1. The maximum absolute atomic E-state index is 12.4. The minimum absolute atomic E-state index is 0.0262. The van der Waals surface area contributed by atoms with E-state index in [9.17, 15) is 4.79 Å². The van der Waals surface area contributed by atoms with Crippen LogP contribution in [0.5, 0.6) is 0 Å². The number of nitrogens with one attached hydrogen (secondary N) is 1. The van der Waals surface area contributed by atoms with Crippen LogP contribution < -0.4 is 5.32 Å². The topological polar surface area (TPSA) is 41.6 Å². The van der Waals surface area contributed by atoms with Crippen LogP contribution in [0.1, 0.15) is 43.0 Å². The van der Waals surface area contributed by atoms with Gasteiger partial charge in [0.25, 0.3) is 0 Å². The molecule has 1 aromatic rings. The summed E-state index contributed by atoms with van der Waals surface area (Å²) in [5.74, 6) is 0.474. The first-order chi connectivity index (χ1) is 10.5. The maximum Gasteiger partial charge on any atom is 0.317 e. The van der Waals surface area contributed by atoms with Gasteiger partial charge in [0, 0.05) is 25.6 Å². The number of carbonyl (C=O) groups is 1. The Kier molecular flexibility index (Phi) is 5.83. The Hall–Kier alpha value is -1.55. The highest BCUT2D eigenvalue weighted by Gasteiger charge is 2.27. The average Bonchev–Trinajstić information content (AvgIpc) is 2.96. The van der Waals surface area contributed by atoms with E-state index in [2.05, 4.69) is 37.4 Å². The molecule has 0 aliphatic carbocycles. The number of amides is 2. The van der Waals surface area contributed by atoms with Gasteiger partial charge in [0.05, 0.1) is 12.6 Å². The first-order valence-electron chi connectivity index (χ1n) is 8.21. The van der Waals surface area contributed by atoms with Crippen molar-refractivity contribution >= 4 is 6.03 Å². The van der Waals surface area contributed by atoms with Crippen molar-refractivity contribution in [2.24, 2.45) is 5.92 Å². The van der Waals surface area contributed by atoms with Crippen molar-refractivity contribution in [2.75, 3.05) is 26.3 Å². The summed E-state index contributed by atoms with van der Waals surface area (Å²) >= 11 is 0. The van der Waals surface area contributed by atoms with E-state index in [0.717, 1.165) is 32.7 Å². The third kappa shape index (κ3) is 4.23. The van der Waals surface area contributed by atoms with Crippen LogP contribution in [0.2, 0.25) is 0 Å². The largest absolute Gasteiger partial charge is 0.381 e. The van der Waals surface area contributed by atoms with Gasteiger partial charge in [-0.1, -0.05) is 23.8 Å². The second-order valence-electron chi connectivity index (χ2n) is 6.29. The van der Waals surface area contributed by atoms with E-state index in [-0.39, 0.29) is 12.1 Å². The second-order valence-corrected chi connectivity index (χ2v) is 6.29. The molecule has 0 saturated carbocycles. The van der Waals surface area contributed by atoms with Crippen molar-refractivity contribution in [1.29, 1.82) is 0 Å². The molecule has 1 N–H and O–H groups in total. The van der Waals surface area contributed by atoms with E-state index in [4.69, 9.17) is 4.74 Å². The monoisotopic (exact) mass is 304 g/mol. The smallest absolute Gasteiger partial charge is 0.317 e. The van der Waals surface area contributed by atoms with Crippen molar-refractivity contribution < 1.29 is 9.53 Å². The number of rotatable bonds is 5. The third-order valence-electron chi connectivity index (χ3n) is 4.37. The lowest BCUT2D eigenvalue weighted by Crippen LogP contribution is -2.40. The van der Waals surface area contributed by atoms with Gasteiger partial charge in [-0.05, 0) is 45.2 Å². The van der Waals surface area contributed by atoms with Crippen LogP contribution in [0.3, 0.4) is 0 Å². The van der Waals surface area contributed by atoms with E-state index in [1.54, 1.807) is 0 Å². The molecule has 0 spiro atoms. The first-order valence-corrected chi connectivity index (χ1v) is 8.21. The zero-order valence-electron chi connectivity index (χ0n) is 14.2. The molecule has 1 aromatic carbocycles. The van der Waals surface area contributed by atoms with Crippen LogP contribution in [0.25, 0.3) is 0 Å². The van der Waals surface area contributed by atoms with Gasteiger partial charge >= 0.3 is 6.03 Å². The molecule has 4 nitrogen and oxygen atoms in total. The SMILES string of the molecule is CCOC[C@@H]1CCN(C(=O)N[C@H](C)c2cc(C)ccc2C)C1. The number of hydrogen-bond acceptors (Lipinski definition) is 2. The van der Waals surface area contributed by atoms with Gasteiger partial charge in [0.1, 0.15) is 0 Å². The zero-order valence-corrected chi connectivity index (χ0v) is 14.2. The molecule has 2 amide bonds. The van der Waals surface area contributed by atoms with Gasteiger partial charge in [0.15, 0.2) is 0 Å². The van der Waals surface area contributed by atoms with Crippen molar-refractivity contribution in [3.8, 4) is 0 Å². The van der Waals surface area contributed by atoms with Crippen LogP contribution >= 0.6 is 0 Å². The van der Waals surface area contributed by atoms with Gasteiger partial charge in [-0.3, -0.25) is 0 Å². The Morgan fingerprint density at radius 2 is 2.23 bits per heavy atom. The van der Waals surface area contributed by atoms with Crippen LogP contribution in [-0.2, 0) is 4.74 Å². The molecular weight excluding hydrogens is 276 g/mol. The fourth-order valence-electron chi connectivity index (χ4n) is 3.02. The number of aryl methyl sites for hydroxylation is 2. The molecule has 2 rings (SSSR count). The number of ether oxygens (including phenoxy) is 1. The summed E-state index contributed by atoms with van der Waals surface area (Å²) < 4.78 is 5.47. The van der Waals surface area contributed by atoms with Gasteiger partial charge in [-0.25, -0.2) is 4.79 Å². The molecule has 1 fully saturated rings. The lowest BCUT2D eigenvalue weighted by molar-refractivity contribution is 0.113. The standard InChI is InChI=1S/C18H28N2O2/c1-5-22-12-16-8-9-20(11-16)18(21)19-15(4)17-10-13(2)6-7-14(17)3/h6-7,10,15-16H,5,8-9,11-12H2,1-4H3,(H,19,21)/t15-,16-/m1/s1. The number of benzene rings is 1. The molecule has 1 heterocycles. The molecule has 0 radical (unpaired) electrons. The van der Waals surface area contributed by atoms with Crippen LogP contribution in [0.15, 0.2) is 18.2 Å². The first kappa shape index (κ1) is 16.8. The molecule has 1 aliphatic rings. The Morgan fingerprint density at radius 1 is 1.45 bits per heavy atom. The summed E-state index contributed by atoms with van der Waals surface area (Å²) in [5.41, 5.74) is 3.63. The highest BCUT2D eigenvalue weighted by atomic mass is 16.5. The lowest BCUT2D eigenvalue weighted by Gasteiger charge is -2.22. The van der Waals surface area contributed by atoms with E-state index >= 15 is 0 Å². The van der Waals surface area contributed by atoms with Crippen LogP contribution in [0, 0.1) is 19.8 Å². The molecule has 0 aromatic heterocycles. The van der Waals surface area contributed by atoms with E-state index in [1.165, 1.54) is 16.7 Å². The lowest BCUT2D eigenvalue weighted by atomic mass is 10.0. The summed E-state index contributed by atoms with van der Waals surface area (Å²) in [6, 6.07) is 6.43. The summed E-state index contributed by atoms with van der Waals surface area (Å²) in [6.45, 7) is 11.3. The van der Waals surface area contributed by atoms with Crippen LogP contribution in [-0.4, -0.2) is 37.2 Å². The molecule has 4 heteroatoms. The number of nitrogens with zero attached hydrogens (tertiary/aromatic N) is 1. The minimum atomic E-state index is 0.0262. The highest BCUT2D eigenvalue weighted by molar-refractivity contribution is 5.75. The molecule has 1 saturated heterocycles. The van der Waals surface area contributed by atoms with Crippen molar-refractivity contribution in [3.05, 3.63) is 34.9 Å². The van der Waals surface area contributed by atoms with Crippen molar-refractivity contribution in [3.63, 3.8) is 0 Å². The van der Waals surface area contributed by atoms with Gasteiger partial charge in [-0.2, -0.15) is 0 Å².